The van der Waals surface area contributed by atoms with E-state index in [1.807, 2.05) is 91.1 Å². The van der Waals surface area contributed by atoms with Gasteiger partial charge in [0.2, 0.25) is 0 Å². The summed E-state index contributed by atoms with van der Waals surface area (Å²) in [6.07, 6.45) is 1.95. The molecule has 0 saturated heterocycles. The lowest BCUT2D eigenvalue weighted by Crippen LogP contribution is -2.00. The third-order valence-corrected chi connectivity index (χ3v) is 8.77. The van der Waals surface area contributed by atoms with Crippen molar-refractivity contribution >= 4 is 32.4 Å². The second kappa shape index (κ2) is 11.6. The lowest BCUT2D eigenvalue weighted by Gasteiger charge is -2.11. The Morgan fingerprint density at radius 3 is 1.35 bits per heavy atom. The molecule has 0 aliphatic carbocycles. The van der Waals surface area contributed by atoms with Gasteiger partial charge in [0.15, 0.2) is 23.3 Å². The highest BCUT2D eigenvalue weighted by atomic mass is 15.0. The van der Waals surface area contributed by atoms with Gasteiger partial charge in [0.1, 0.15) is 0 Å². The topological polar surface area (TPSA) is 64.5 Å². The SMILES string of the molecule is c1ccc(-c2cccc(-c3nc(-c4ccccc4)nc(-c4ccc(-c5ncc6c7ccccc7c7ccccc7c6n5)cc4)n3)c2)cc1. The summed E-state index contributed by atoms with van der Waals surface area (Å²) in [5.74, 6) is 2.53. The normalized spacial score (nSPS) is 11.3. The Bertz CT molecular complexity index is 2560. The van der Waals surface area contributed by atoms with Crippen molar-refractivity contribution in [2.45, 2.75) is 0 Å². The average Bonchev–Trinajstić information content (AvgIpc) is 3.18. The van der Waals surface area contributed by atoms with Crippen LogP contribution in [0.2, 0.25) is 0 Å². The standard InChI is InChI=1S/C43H27N5/c1-3-12-28(13-4-1)32-16-11-17-33(26-32)43-47-41(29-14-5-2-6-15-29)46-42(48-43)31-24-22-30(23-25-31)40-44-27-38-36-20-8-7-18-34(36)35-19-9-10-21-37(35)39(38)45-40/h1-27H. The van der Waals surface area contributed by atoms with Gasteiger partial charge in [-0.1, -0.05) is 152 Å². The molecule has 48 heavy (non-hydrogen) atoms. The first-order valence-electron chi connectivity index (χ1n) is 15.9. The predicted molar refractivity (Wildman–Crippen MR) is 195 cm³/mol. The quantitative estimate of drug-likeness (QED) is 0.181. The first-order chi connectivity index (χ1) is 23.8. The molecule has 9 rings (SSSR count). The van der Waals surface area contributed by atoms with Crippen LogP contribution in [-0.4, -0.2) is 24.9 Å². The first kappa shape index (κ1) is 27.7. The van der Waals surface area contributed by atoms with E-state index < -0.39 is 0 Å². The van der Waals surface area contributed by atoms with Crippen molar-refractivity contribution in [2.75, 3.05) is 0 Å². The predicted octanol–water partition coefficient (Wildman–Crippen LogP) is 10.5. The van der Waals surface area contributed by atoms with E-state index in [4.69, 9.17) is 24.9 Å². The zero-order chi connectivity index (χ0) is 31.9. The fourth-order valence-corrected chi connectivity index (χ4v) is 6.39. The van der Waals surface area contributed by atoms with E-state index in [1.54, 1.807) is 0 Å². The smallest absolute Gasteiger partial charge is 0.164 e. The van der Waals surface area contributed by atoms with Crippen LogP contribution in [0.5, 0.6) is 0 Å². The van der Waals surface area contributed by atoms with E-state index in [0.29, 0.717) is 23.3 Å². The van der Waals surface area contributed by atoms with Gasteiger partial charge in [-0.3, -0.25) is 0 Å². The van der Waals surface area contributed by atoms with Gasteiger partial charge >= 0.3 is 0 Å². The fourth-order valence-electron chi connectivity index (χ4n) is 6.39. The Labute approximate surface area is 277 Å². The summed E-state index contributed by atoms with van der Waals surface area (Å²) in [4.78, 5) is 24.8. The van der Waals surface area contributed by atoms with E-state index >= 15 is 0 Å². The molecule has 0 saturated carbocycles. The lowest BCUT2D eigenvalue weighted by atomic mass is 9.98. The minimum Gasteiger partial charge on any atom is -0.236 e. The average molecular weight is 614 g/mol. The van der Waals surface area contributed by atoms with E-state index in [2.05, 4.69) is 72.8 Å². The van der Waals surface area contributed by atoms with Crippen molar-refractivity contribution in [3.05, 3.63) is 164 Å². The molecule has 9 aromatic rings. The monoisotopic (exact) mass is 613 g/mol. The van der Waals surface area contributed by atoms with Gasteiger partial charge in [0, 0.05) is 39.2 Å². The van der Waals surface area contributed by atoms with E-state index in [9.17, 15) is 0 Å². The van der Waals surface area contributed by atoms with Gasteiger partial charge in [0.25, 0.3) is 0 Å². The zero-order valence-corrected chi connectivity index (χ0v) is 25.8. The summed E-state index contributed by atoms with van der Waals surface area (Å²) < 4.78 is 0. The molecule has 2 heterocycles. The van der Waals surface area contributed by atoms with Crippen LogP contribution in [0, 0.1) is 0 Å². The minimum absolute atomic E-state index is 0.604. The van der Waals surface area contributed by atoms with Gasteiger partial charge in [-0.2, -0.15) is 0 Å². The van der Waals surface area contributed by atoms with E-state index in [0.717, 1.165) is 55.1 Å². The maximum absolute atomic E-state index is 5.11. The number of rotatable bonds is 5. The molecule has 224 valence electrons. The van der Waals surface area contributed by atoms with Gasteiger partial charge in [-0.15, -0.1) is 0 Å². The Balaban J connectivity index is 1.14. The number of nitrogens with zero attached hydrogens (tertiary/aromatic N) is 5. The second-order valence-electron chi connectivity index (χ2n) is 11.7. The number of fused-ring (bicyclic) bond motifs is 6. The van der Waals surface area contributed by atoms with Gasteiger partial charge in [-0.25, -0.2) is 24.9 Å². The highest BCUT2D eigenvalue weighted by molar-refractivity contribution is 6.24. The molecule has 7 aromatic carbocycles. The van der Waals surface area contributed by atoms with Crippen molar-refractivity contribution in [3.8, 4) is 56.7 Å². The molecule has 0 bridgehead atoms. The largest absolute Gasteiger partial charge is 0.236 e. The Hall–Kier alpha value is -6.59. The molecule has 0 fully saturated rings. The summed E-state index contributed by atoms with van der Waals surface area (Å²) in [6, 6.07) is 53.8. The summed E-state index contributed by atoms with van der Waals surface area (Å²) in [5.41, 5.74) is 6.87. The van der Waals surface area contributed by atoms with Gasteiger partial charge < -0.3 is 0 Å². The summed E-state index contributed by atoms with van der Waals surface area (Å²) in [5, 5.41) is 5.72. The molecular formula is C43H27N5. The molecule has 0 spiro atoms. The van der Waals surface area contributed by atoms with Crippen LogP contribution < -0.4 is 0 Å². The maximum Gasteiger partial charge on any atom is 0.164 e. The van der Waals surface area contributed by atoms with Gasteiger partial charge in [-0.05, 0) is 33.4 Å². The number of hydrogen-bond acceptors (Lipinski definition) is 5. The number of aromatic nitrogens is 5. The van der Waals surface area contributed by atoms with E-state index in [-0.39, 0.29) is 0 Å². The van der Waals surface area contributed by atoms with Crippen LogP contribution in [0.15, 0.2) is 164 Å². The molecular weight excluding hydrogens is 587 g/mol. The maximum atomic E-state index is 5.11. The van der Waals surface area contributed by atoms with E-state index in [1.165, 1.54) is 10.8 Å². The molecule has 0 aliphatic rings. The lowest BCUT2D eigenvalue weighted by molar-refractivity contribution is 1.07. The summed E-state index contributed by atoms with van der Waals surface area (Å²) in [6.45, 7) is 0. The van der Waals surface area contributed by atoms with Crippen molar-refractivity contribution in [1.29, 1.82) is 0 Å². The molecule has 0 amide bonds. The number of hydrogen-bond donors (Lipinski definition) is 0. The van der Waals surface area contributed by atoms with Crippen LogP contribution in [0.25, 0.3) is 89.1 Å². The zero-order valence-electron chi connectivity index (χ0n) is 25.8. The third kappa shape index (κ3) is 4.95. The molecule has 0 radical (unpaired) electrons. The highest BCUT2D eigenvalue weighted by Crippen LogP contribution is 2.35. The second-order valence-corrected chi connectivity index (χ2v) is 11.7. The highest BCUT2D eigenvalue weighted by Gasteiger charge is 2.15. The van der Waals surface area contributed by atoms with Crippen LogP contribution in [0.4, 0.5) is 0 Å². The molecule has 0 aliphatic heterocycles. The minimum atomic E-state index is 0.604. The van der Waals surface area contributed by atoms with Gasteiger partial charge in [0.05, 0.1) is 5.52 Å². The van der Waals surface area contributed by atoms with Crippen molar-refractivity contribution in [2.24, 2.45) is 0 Å². The van der Waals surface area contributed by atoms with Crippen LogP contribution in [-0.2, 0) is 0 Å². The summed E-state index contributed by atoms with van der Waals surface area (Å²) in [7, 11) is 0. The Kier molecular flexibility index (Phi) is 6.72. The molecule has 0 unspecified atom stereocenters. The summed E-state index contributed by atoms with van der Waals surface area (Å²) >= 11 is 0. The van der Waals surface area contributed by atoms with Crippen molar-refractivity contribution < 1.29 is 0 Å². The first-order valence-corrected chi connectivity index (χ1v) is 15.9. The molecule has 0 atom stereocenters. The molecule has 5 heteroatoms. The molecule has 2 aromatic heterocycles. The van der Waals surface area contributed by atoms with Crippen LogP contribution in [0.1, 0.15) is 0 Å². The van der Waals surface area contributed by atoms with Crippen molar-refractivity contribution in [3.63, 3.8) is 0 Å². The molecule has 5 nitrogen and oxygen atoms in total. The Morgan fingerprint density at radius 2 is 0.708 bits per heavy atom. The molecule has 0 N–H and O–H groups in total. The Morgan fingerprint density at radius 1 is 0.271 bits per heavy atom. The third-order valence-electron chi connectivity index (χ3n) is 8.77. The fraction of sp³-hybridized carbons (Fsp3) is 0. The van der Waals surface area contributed by atoms with Crippen LogP contribution in [0.3, 0.4) is 0 Å². The van der Waals surface area contributed by atoms with Crippen LogP contribution >= 0.6 is 0 Å². The number of benzene rings is 7. The van der Waals surface area contributed by atoms with Crippen molar-refractivity contribution in [1.82, 2.24) is 24.9 Å².